The Morgan fingerprint density at radius 2 is 1.95 bits per heavy atom. The van der Waals surface area contributed by atoms with Crippen LogP contribution in [0.4, 0.5) is 0 Å². The summed E-state index contributed by atoms with van der Waals surface area (Å²) < 4.78 is 10.1. The normalized spacial score (nSPS) is 25.1. The molecule has 2 heterocycles. The summed E-state index contributed by atoms with van der Waals surface area (Å²) in [4.78, 5) is 27.6. The smallest absolute Gasteiger partial charge is 0.325 e. The van der Waals surface area contributed by atoms with E-state index in [1.54, 1.807) is 0 Å². The zero-order valence-electron chi connectivity index (χ0n) is 11.5. The Balaban J connectivity index is 1.91. The molecule has 2 rings (SSSR count). The molecule has 6 nitrogen and oxygen atoms in total. The molecule has 2 fully saturated rings. The third-order valence-electron chi connectivity index (χ3n) is 3.76. The number of hydrogen-bond acceptors (Lipinski definition) is 5. The number of rotatable bonds is 3. The number of amides is 1. The lowest BCUT2D eigenvalue weighted by Gasteiger charge is -2.35. The van der Waals surface area contributed by atoms with Crippen molar-refractivity contribution in [3.63, 3.8) is 0 Å². The Bertz CT molecular complexity index is 329. The molecule has 2 aliphatic rings. The first kappa shape index (κ1) is 14.3. The van der Waals surface area contributed by atoms with Gasteiger partial charge < -0.3 is 14.4 Å². The topological polar surface area (TPSA) is 59.1 Å². The van der Waals surface area contributed by atoms with E-state index >= 15 is 0 Å². The Morgan fingerprint density at radius 3 is 2.63 bits per heavy atom. The van der Waals surface area contributed by atoms with Crippen molar-refractivity contribution in [2.75, 3.05) is 46.5 Å². The summed E-state index contributed by atoms with van der Waals surface area (Å²) in [6.07, 6.45) is 3.36. The lowest BCUT2D eigenvalue weighted by Crippen LogP contribution is -2.54. The number of carbonyl (C=O) groups excluding carboxylic acids is 2. The maximum Gasteiger partial charge on any atom is 0.325 e. The summed E-state index contributed by atoms with van der Waals surface area (Å²) in [7, 11) is 1.36. The van der Waals surface area contributed by atoms with Gasteiger partial charge in [0.1, 0.15) is 6.04 Å². The SMILES string of the molecule is COC(=O)C1COCCN1CC(=O)N1CCCCC1. The summed E-state index contributed by atoms with van der Waals surface area (Å²) in [6.45, 7) is 3.42. The predicted molar refractivity (Wildman–Crippen MR) is 68.6 cm³/mol. The number of esters is 1. The third kappa shape index (κ3) is 3.67. The summed E-state index contributed by atoms with van der Waals surface area (Å²) in [6, 6.07) is -0.451. The second-order valence-electron chi connectivity index (χ2n) is 5.03. The second-order valence-corrected chi connectivity index (χ2v) is 5.03. The monoisotopic (exact) mass is 270 g/mol. The summed E-state index contributed by atoms with van der Waals surface area (Å²) in [5.41, 5.74) is 0. The Hall–Kier alpha value is -1.14. The van der Waals surface area contributed by atoms with E-state index in [0.717, 1.165) is 25.9 Å². The zero-order valence-corrected chi connectivity index (χ0v) is 11.5. The van der Waals surface area contributed by atoms with Gasteiger partial charge >= 0.3 is 5.97 Å². The van der Waals surface area contributed by atoms with Gasteiger partial charge in [-0.15, -0.1) is 0 Å². The molecule has 2 saturated heterocycles. The first-order valence-electron chi connectivity index (χ1n) is 6.90. The lowest BCUT2D eigenvalue weighted by atomic mass is 10.1. The van der Waals surface area contributed by atoms with Crippen molar-refractivity contribution < 1.29 is 19.1 Å². The van der Waals surface area contributed by atoms with Gasteiger partial charge in [0, 0.05) is 19.6 Å². The predicted octanol–water partition coefficient (Wildman–Crippen LogP) is -0.127. The van der Waals surface area contributed by atoms with Crippen LogP contribution in [0.5, 0.6) is 0 Å². The molecule has 6 heteroatoms. The molecule has 0 radical (unpaired) electrons. The van der Waals surface area contributed by atoms with Crippen molar-refractivity contribution in [1.29, 1.82) is 0 Å². The summed E-state index contributed by atoms with van der Waals surface area (Å²) in [5, 5.41) is 0. The molecule has 0 aromatic heterocycles. The van der Waals surface area contributed by atoms with E-state index in [9.17, 15) is 9.59 Å². The van der Waals surface area contributed by atoms with Gasteiger partial charge in [-0.3, -0.25) is 14.5 Å². The van der Waals surface area contributed by atoms with Crippen LogP contribution in [0.2, 0.25) is 0 Å². The van der Waals surface area contributed by atoms with Gasteiger partial charge in [0.2, 0.25) is 5.91 Å². The van der Waals surface area contributed by atoms with Crippen LogP contribution in [0, 0.1) is 0 Å². The molecular formula is C13H22N2O4. The average Bonchev–Trinajstić information content (AvgIpc) is 2.48. The van der Waals surface area contributed by atoms with E-state index in [1.807, 2.05) is 9.80 Å². The molecule has 1 unspecified atom stereocenters. The van der Waals surface area contributed by atoms with E-state index in [0.29, 0.717) is 19.8 Å². The molecule has 19 heavy (non-hydrogen) atoms. The molecule has 0 spiro atoms. The highest BCUT2D eigenvalue weighted by Crippen LogP contribution is 2.12. The van der Waals surface area contributed by atoms with Crippen molar-refractivity contribution in [1.82, 2.24) is 9.80 Å². The molecular weight excluding hydrogens is 248 g/mol. The van der Waals surface area contributed by atoms with Crippen LogP contribution in [-0.2, 0) is 19.1 Å². The van der Waals surface area contributed by atoms with Crippen molar-refractivity contribution in [2.45, 2.75) is 25.3 Å². The van der Waals surface area contributed by atoms with E-state index < -0.39 is 6.04 Å². The molecule has 0 bridgehead atoms. The third-order valence-corrected chi connectivity index (χ3v) is 3.76. The number of morpholine rings is 1. The Morgan fingerprint density at radius 1 is 1.21 bits per heavy atom. The first-order valence-corrected chi connectivity index (χ1v) is 6.90. The van der Waals surface area contributed by atoms with E-state index in [-0.39, 0.29) is 18.4 Å². The standard InChI is InChI=1S/C13H22N2O4/c1-18-13(17)11-10-19-8-7-15(11)9-12(16)14-5-3-2-4-6-14/h11H,2-10H2,1H3. The van der Waals surface area contributed by atoms with E-state index in [4.69, 9.17) is 9.47 Å². The molecule has 2 aliphatic heterocycles. The van der Waals surface area contributed by atoms with Gasteiger partial charge in [-0.1, -0.05) is 0 Å². The molecule has 0 aliphatic carbocycles. The van der Waals surface area contributed by atoms with Crippen LogP contribution in [0.3, 0.4) is 0 Å². The number of hydrogen-bond donors (Lipinski definition) is 0. The van der Waals surface area contributed by atoms with Gasteiger partial charge in [0.15, 0.2) is 0 Å². The molecule has 0 N–H and O–H groups in total. The maximum absolute atomic E-state index is 12.2. The van der Waals surface area contributed by atoms with Gasteiger partial charge in [0.05, 0.1) is 26.9 Å². The number of carbonyl (C=O) groups is 2. The molecule has 0 saturated carbocycles. The first-order chi connectivity index (χ1) is 9.22. The number of nitrogens with zero attached hydrogens (tertiary/aromatic N) is 2. The summed E-state index contributed by atoms with van der Waals surface area (Å²) >= 11 is 0. The molecule has 108 valence electrons. The van der Waals surface area contributed by atoms with Crippen molar-refractivity contribution in [2.24, 2.45) is 0 Å². The average molecular weight is 270 g/mol. The van der Waals surface area contributed by atoms with Crippen molar-refractivity contribution >= 4 is 11.9 Å². The lowest BCUT2D eigenvalue weighted by molar-refractivity contribution is -0.155. The zero-order chi connectivity index (χ0) is 13.7. The Kier molecular flexibility index (Phi) is 5.15. The molecule has 0 aromatic rings. The van der Waals surface area contributed by atoms with Gasteiger partial charge in [-0.2, -0.15) is 0 Å². The number of methoxy groups -OCH3 is 1. The molecule has 1 amide bonds. The number of likely N-dealkylation sites (tertiary alicyclic amines) is 1. The number of piperidine rings is 1. The fourth-order valence-electron chi connectivity index (χ4n) is 2.60. The minimum atomic E-state index is -0.451. The van der Waals surface area contributed by atoms with Gasteiger partial charge in [-0.05, 0) is 19.3 Å². The van der Waals surface area contributed by atoms with Gasteiger partial charge in [0.25, 0.3) is 0 Å². The highest BCUT2D eigenvalue weighted by Gasteiger charge is 2.32. The van der Waals surface area contributed by atoms with Crippen LogP contribution in [-0.4, -0.2) is 74.2 Å². The van der Waals surface area contributed by atoms with E-state index in [2.05, 4.69) is 0 Å². The fraction of sp³-hybridized carbons (Fsp3) is 0.846. The van der Waals surface area contributed by atoms with Crippen LogP contribution < -0.4 is 0 Å². The summed E-state index contributed by atoms with van der Waals surface area (Å²) in [5.74, 6) is -0.221. The fourth-order valence-corrected chi connectivity index (χ4v) is 2.60. The van der Waals surface area contributed by atoms with Crippen molar-refractivity contribution in [3.05, 3.63) is 0 Å². The van der Waals surface area contributed by atoms with Crippen LogP contribution in [0.15, 0.2) is 0 Å². The van der Waals surface area contributed by atoms with E-state index in [1.165, 1.54) is 13.5 Å². The maximum atomic E-state index is 12.2. The van der Waals surface area contributed by atoms with Crippen LogP contribution >= 0.6 is 0 Å². The quantitative estimate of drug-likeness (QED) is 0.669. The second kappa shape index (κ2) is 6.86. The minimum absolute atomic E-state index is 0.107. The van der Waals surface area contributed by atoms with Crippen LogP contribution in [0.25, 0.3) is 0 Å². The highest BCUT2D eigenvalue weighted by molar-refractivity contribution is 5.80. The molecule has 0 aromatic carbocycles. The highest BCUT2D eigenvalue weighted by atomic mass is 16.5. The largest absolute Gasteiger partial charge is 0.468 e. The van der Waals surface area contributed by atoms with Crippen LogP contribution in [0.1, 0.15) is 19.3 Å². The van der Waals surface area contributed by atoms with Crippen molar-refractivity contribution in [3.8, 4) is 0 Å². The Labute approximate surface area is 113 Å². The molecule has 1 atom stereocenters. The minimum Gasteiger partial charge on any atom is -0.468 e. The van der Waals surface area contributed by atoms with Gasteiger partial charge in [-0.25, -0.2) is 0 Å². The number of ether oxygens (including phenoxy) is 2.